The van der Waals surface area contributed by atoms with Gasteiger partial charge in [0.25, 0.3) is 0 Å². The van der Waals surface area contributed by atoms with Crippen LogP contribution >= 0.6 is 0 Å². The van der Waals surface area contributed by atoms with Crippen LogP contribution in [0, 0.1) is 17.3 Å². The third kappa shape index (κ3) is 3.26. The van der Waals surface area contributed by atoms with Gasteiger partial charge in [0.1, 0.15) is 6.17 Å². The summed E-state index contributed by atoms with van der Waals surface area (Å²) >= 11 is 0. The van der Waals surface area contributed by atoms with Crippen molar-refractivity contribution in [3.8, 4) is 0 Å². The molecule has 8 heteroatoms. The van der Waals surface area contributed by atoms with E-state index in [1.54, 1.807) is 17.9 Å². The van der Waals surface area contributed by atoms with Crippen LogP contribution in [0.2, 0.25) is 0 Å². The van der Waals surface area contributed by atoms with Gasteiger partial charge in [0.15, 0.2) is 0 Å². The Balaban J connectivity index is 1.10. The van der Waals surface area contributed by atoms with Crippen LogP contribution in [0.3, 0.4) is 0 Å². The lowest BCUT2D eigenvalue weighted by Gasteiger charge is -2.40. The Labute approximate surface area is 145 Å². The Hall–Kier alpha value is -1.99. The maximum atomic E-state index is 13.2. The Bertz CT molecular complexity index is 678. The molecule has 1 spiro atoms. The minimum Gasteiger partial charge on any atom is -0.355 e. The van der Waals surface area contributed by atoms with E-state index in [-0.39, 0.29) is 35.6 Å². The molecule has 25 heavy (non-hydrogen) atoms. The number of aromatic nitrogens is 3. The van der Waals surface area contributed by atoms with Crippen molar-refractivity contribution in [2.24, 2.45) is 24.3 Å². The molecule has 4 rings (SSSR count). The van der Waals surface area contributed by atoms with Crippen molar-refractivity contribution in [3.05, 3.63) is 11.9 Å². The maximum Gasteiger partial charge on any atom is 0.226 e. The van der Waals surface area contributed by atoms with Gasteiger partial charge in [0.2, 0.25) is 11.8 Å². The van der Waals surface area contributed by atoms with Crippen molar-refractivity contribution in [2.75, 3.05) is 6.54 Å². The first-order chi connectivity index (χ1) is 11.9. The van der Waals surface area contributed by atoms with E-state index in [1.807, 2.05) is 0 Å². The maximum absolute atomic E-state index is 13.2. The fraction of sp³-hybridized carbons (Fsp3) is 0.765. The highest BCUT2D eigenvalue weighted by atomic mass is 19.1. The van der Waals surface area contributed by atoms with Crippen molar-refractivity contribution in [2.45, 2.75) is 50.7 Å². The molecule has 0 radical (unpaired) electrons. The average Bonchev–Trinajstić information content (AvgIpc) is 3.02. The van der Waals surface area contributed by atoms with Crippen LogP contribution in [0.5, 0.6) is 0 Å². The zero-order chi connectivity index (χ0) is 17.6. The lowest BCUT2D eigenvalue weighted by Crippen LogP contribution is -2.51. The summed E-state index contributed by atoms with van der Waals surface area (Å²) in [4.78, 5) is 24.0. The van der Waals surface area contributed by atoms with Gasteiger partial charge >= 0.3 is 0 Å². The Morgan fingerprint density at radius 1 is 1.36 bits per heavy atom. The highest BCUT2D eigenvalue weighted by Gasteiger charge is 2.64. The van der Waals surface area contributed by atoms with E-state index in [9.17, 15) is 14.0 Å². The van der Waals surface area contributed by atoms with Gasteiger partial charge in [-0.05, 0) is 38.0 Å². The van der Waals surface area contributed by atoms with E-state index in [0.29, 0.717) is 18.9 Å². The molecule has 1 aromatic rings. The third-order valence-electron chi connectivity index (χ3n) is 6.09. The average molecular weight is 349 g/mol. The molecular weight excluding hydrogens is 325 g/mol. The molecule has 7 nitrogen and oxygen atoms in total. The molecule has 1 heterocycles. The van der Waals surface area contributed by atoms with E-state index in [2.05, 4.69) is 20.9 Å². The fourth-order valence-corrected chi connectivity index (χ4v) is 4.12. The number of hydrogen-bond donors (Lipinski definition) is 2. The molecule has 3 saturated carbocycles. The minimum atomic E-state index is -0.671. The normalized spacial score (nSPS) is 35.6. The number of carbonyl (C=O) groups excluding carboxylic acids is 2. The number of nitrogens with zero attached hydrogens (tertiary/aromatic N) is 3. The van der Waals surface area contributed by atoms with Crippen molar-refractivity contribution >= 4 is 11.8 Å². The van der Waals surface area contributed by atoms with Crippen LogP contribution in [0.4, 0.5) is 4.39 Å². The lowest BCUT2D eigenvalue weighted by atomic mass is 9.70. The minimum absolute atomic E-state index is 0.00649. The van der Waals surface area contributed by atoms with Crippen molar-refractivity contribution in [1.82, 2.24) is 25.6 Å². The predicted molar refractivity (Wildman–Crippen MR) is 87.0 cm³/mol. The number of aryl methyl sites for hydroxylation is 1. The Kier molecular flexibility index (Phi) is 4.00. The first-order valence-corrected chi connectivity index (χ1v) is 9.00. The number of carbonyl (C=O) groups is 2. The van der Waals surface area contributed by atoms with Gasteiger partial charge in [-0.3, -0.25) is 14.3 Å². The van der Waals surface area contributed by atoms with E-state index >= 15 is 0 Å². The van der Waals surface area contributed by atoms with Crippen LogP contribution in [-0.2, 0) is 23.1 Å². The fourth-order valence-electron chi connectivity index (χ4n) is 4.12. The van der Waals surface area contributed by atoms with Crippen LogP contribution in [0.1, 0.15) is 37.8 Å². The number of hydrogen-bond acceptors (Lipinski definition) is 4. The molecule has 3 fully saturated rings. The van der Waals surface area contributed by atoms with Crippen molar-refractivity contribution in [1.29, 1.82) is 0 Å². The monoisotopic (exact) mass is 349 g/mol. The molecule has 1 aromatic heterocycles. The van der Waals surface area contributed by atoms with E-state index < -0.39 is 6.17 Å². The van der Waals surface area contributed by atoms with Gasteiger partial charge in [0.05, 0.1) is 18.3 Å². The quantitative estimate of drug-likeness (QED) is 0.783. The summed E-state index contributed by atoms with van der Waals surface area (Å²) in [5.41, 5.74) is 0.651. The molecule has 0 aliphatic heterocycles. The summed E-state index contributed by atoms with van der Waals surface area (Å²) < 4.78 is 14.7. The zero-order valence-electron chi connectivity index (χ0n) is 14.4. The SMILES string of the molecule is Cn1nncc1CC(=O)NCC1CC(NC(=O)C2CC3(C2)CC3F)C1. The summed E-state index contributed by atoms with van der Waals surface area (Å²) in [5, 5.41) is 13.5. The second kappa shape index (κ2) is 6.07. The van der Waals surface area contributed by atoms with Gasteiger partial charge in [-0.25, -0.2) is 4.39 Å². The first-order valence-electron chi connectivity index (χ1n) is 9.00. The van der Waals surface area contributed by atoms with Gasteiger partial charge in [-0.15, -0.1) is 5.10 Å². The first kappa shape index (κ1) is 16.5. The number of halogens is 1. The zero-order valence-corrected chi connectivity index (χ0v) is 14.4. The molecular formula is C17H24FN5O2. The lowest BCUT2D eigenvalue weighted by molar-refractivity contribution is -0.132. The van der Waals surface area contributed by atoms with E-state index in [0.717, 1.165) is 31.4 Å². The number of nitrogens with one attached hydrogen (secondary N) is 2. The van der Waals surface area contributed by atoms with Gasteiger partial charge in [-0.1, -0.05) is 5.21 Å². The summed E-state index contributed by atoms with van der Waals surface area (Å²) in [6, 6.07) is 0.201. The summed E-state index contributed by atoms with van der Waals surface area (Å²) in [7, 11) is 1.76. The highest BCUT2D eigenvalue weighted by Crippen LogP contribution is 2.64. The summed E-state index contributed by atoms with van der Waals surface area (Å²) in [6.45, 7) is 0.632. The number of alkyl halides is 1. The standard InChI is InChI=1S/C17H24FN5O2/c1-23-13(9-20-22-23)4-15(24)19-8-10-2-12(3-10)21-16(25)11-5-17(6-11)7-14(17)18/h9-12,14H,2-8H2,1H3,(H,19,24)(H,21,25). The molecule has 2 N–H and O–H groups in total. The molecule has 2 amide bonds. The highest BCUT2D eigenvalue weighted by molar-refractivity contribution is 5.80. The summed E-state index contributed by atoms with van der Waals surface area (Å²) in [6.07, 6.45) is 5.06. The van der Waals surface area contributed by atoms with Gasteiger partial charge in [-0.2, -0.15) is 0 Å². The van der Waals surface area contributed by atoms with Gasteiger partial charge in [0, 0.05) is 31.0 Å². The smallest absolute Gasteiger partial charge is 0.226 e. The van der Waals surface area contributed by atoms with Crippen LogP contribution in [-0.4, -0.2) is 45.6 Å². The largest absolute Gasteiger partial charge is 0.355 e. The molecule has 0 aromatic carbocycles. The van der Waals surface area contributed by atoms with Crippen LogP contribution in [0.15, 0.2) is 6.20 Å². The van der Waals surface area contributed by atoms with Crippen LogP contribution in [0.25, 0.3) is 0 Å². The molecule has 1 unspecified atom stereocenters. The van der Waals surface area contributed by atoms with Crippen LogP contribution < -0.4 is 10.6 Å². The topological polar surface area (TPSA) is 88.9 Å². The third-order valence-corrected chi connectivity index (χ3v) is 6.09. The van der Waals surface area contributed by atoms with E-state index in [4.69, 9.17) is 0 Å². The number of rotatable bonds is 6. The molecule has 3 aliphatic rings. The predicted octanol–water partition coefficient (Wildman–Crippen LogP) is 0.507. The second-order valence-corrected chi connectivity index (χ2v) is 8.01. The molecule has 3 aliphatic carbocycles. The van der Waals surface area contributed by atoms with Gasteiger partial charge < -0.3 is 10.6 Å². The summed E-state index contributed by atoms with van der Waals surface area (Å²) in [5.74, 6) is 0.459. The molecule has 1 atom stereocenters. The van der Waals surface area contributed by atoms with Crippen molar-refractivity contribution in [3.63, 3.8) is 0 Å². The molecule has 0 saturated heterocycles. The Morgan fingerprint density at radius 3 is 2.68 bits per heavy atom. The number of amides is 2. The molecule has 0 bridgehead atoms. The van der Waals surface area contributed by atoms with Crippen molar-refractivity contribution < 1.29 is 14.0 Å². The molecule has 136 valence electrons. The second-order valence-electron chi connectivity index (χ2n) is 8.01. The Morgan fingerprint density at radius 2 is 2.08 bits per heavy atom. The van der Waals surface area contributed by atoms with E-state index in [1.165, 1.54) is 0 Å².